The zero-order valence-electron chi connectivity index (χ0n) is 15.2. The van der Waals surface area contributed by atoms with Gasteiger partial charge in [-0.25, -0.2) is 0 Å². The first-order valence-corrected chi connectivity index (χ1v) is 9.64. The van der Waals surface area contributed by atoms with Gasteiger partial charge in [-0.1, -0.05) is 47.5 Å². The van der Waals surface area contributed by atoms with Crippen LogP contribution in [0, 0.1) is 18.8 Å². The van der Waals surface area contributed by atoms with Gasteiger partial charge in [0.15, 0.2) is 0 Å². The molecule has 0 aromatic heterocycles. The van der Waals surface area contributed by atoms with E-state index in [1.807, 2.05) is 12.1 Å². The molecule has 1 heterocycles. The Kier molecular flexibility index (Phi) is 4.66. The molecule has 1 aliphatic carbocycles. The summed E-state index contributed by atoms with van der Waals surface area (Å²) in [6.07, 6.45) is 1.89. The molecule has 4 rings (SSSR count). The van der Waals surface area contributed by atoms with E-state index < -0.39 is 0 Å². The van der Waals surface area contributed by atoms with Crippen molar-refractivity contribution in [3.63, 3.8) is 0 Å². The molecule has 4 atom stereocenters. The largest absolute Gasteiger partial charge is 0.497 e. The molecular formula is C22H24ClNO2. The van der Waals surface area contributed by atoms with E-state index in [2.05, 4.69) is 42.6 Å². The van der Waals surface area contributed by atoms with E-state index in [1.165, 1.54) is 11.1 Å². The predicted octanol–water partition coefficient (Wildman–Crippen LogP) is 4.68. The summed E-state index contributed by atoms with van der Waals surface area (Å²) in [6.45, 7) is 2.86. The number of ether oxygens (including phenoxy) is 1. The highest BCUT2D eigenvalue weighted by Gasteiger charge is 2.47. The Balaban J connectivity index is 1.77. The van der Waals surface area contributed by atoms with Crippen LogP contribution in [0.4, 0.5) is 0 Å². The minimum atomic E-state index is 0.120. The zero-order chi connectivity index (χ0) is 18.3. The van der Waals surface area contributed by atoms with E-state index in [0.29, 0.717) is 17.8 Å². The maximum atomic E-state index is 12.3. The second-order valence-electron chi connectivity index (χ2n) is 7.52. The van der Waals surface area contributed by atoms with Crippen LogP contribution in [0.2, 0.25) is 5.02 Å². The Labute approximate surface area is 159 Å². The summed E-state index contributed by atoms with van der Waals surface area (Å²) < 4.78 is 5.31. The quantitative estimate of drug-likeness (QED) is 0.853. The van der Waals surface area contributed by atoms with Gasteiger partial charge in [-0.05, 0) is 60.8 Å². The van der Waals surface area contributed by atoms with Crippen LogP contribution in [-0.4, -0.2) is 19.6 Å². The number of benzene rings is 2. The van der Waals surface area contributed by atoms with Crippen molar-refractivity contribution in [1.29, 1.82) is 0 Å². The first kappa shape index (κ1) is 17.4. The number of halogens is 1. The van der Waals surface area contributed by atoms with Crippen molar-refractivity contribution in [2.75, 3.05) is 13.7 Å². The number of fused-ring (bicyclic) bond motifs is 1. The standard InChI is InChI=1S/C22H24ClNO2/c1-13-3-5-14(6-4-13)21-17(9-10-18-19(21)12-24-22(18)25)16-8-7-15(26-2)11-20(16)23/h3-8,11,17-19,21H,9-10,12H2,1-2H3,(H,24,25)/t17-,18+,19+,21-/m0/s1. The molecule has 136 valence electrons. The summed E-state index contributed by atoms with van der Waals surface area (Å²) in [6, 6.07) is 14.7. The first-order valence-electron chi connectivity index (χ1n) is 9.26. The van der Waals surface area contributed by atoms with Gasteiger partial charge < -0.3 is 10.1 Å². The predicted molar refractivity (Wildman–Crippen MR) is 104 cm³/mol. The fourth-order valence-electron chi connectivity index (χ4n) is 4.80. The van der Waals surface area contributed by atoms with Gasteiger partial charge in [0, 0.05) is 17.5 Å². The van der Waals surface area contributed by atoms with Crippen LogP contribution in [-0.2, 0) is 4.79 Å². The molecule has 0 unspecified atom stereocenters. The molecule has 2 aromatic carbocycles. The third-order valence-corrected chi connectivity index (χ3v) is 6.45. The van der Waals surface area contributed by atoms with Crippen molar-refractivity contribution < 1.29 is 9.53 Å². The summed E-state index contributed by atoms with van der Waals surface area (Å²) in [5.74, 6) is 2.03. The molecule has 2 aromatic rings. The van der Waals surface area contributed by atoms with Crippen molar-refractivity contribution in [3.8, 4) is 5.75 Å². The number of methoxy groups -OCH3 is 1. The number of rotatable bonds is 3. The van der Waals surface area contributed by atoms with Gasteiger partial charge in [0.2, 0.25) is 5.91 Å². The van der Waals surface area contributed by atoms with E-state index in [4.69, 9.17) is 16.3 Å². The fourth-order valence-corrected chi connectivity index (χ4v) is 5.11. The molecule has 1 amide bonds. The molecule has 0 radical (unpaired) electrons. The van der Waals surface area contributed by atoms with Crippen LogP contribution in [0.15, 0.2) is 42.5 Å². The summed E-state index contributed by atoms with van der Waals surface area (Å²) in [5, 5.41) is 3.84. The lowest BCUT2D eigenvalue weighted by Gasteiger charge is -2.40. The summed E-state index contributed by atoms with van der Waals surface area (Å²) >= 11 is 6.63. The van der Waals surface area contributed by atoms with E-state index >= 15 is 0 Å². The smallest absolute Gasteiger partial charge is 0.223 e. The van der Waals surface area contributed by atoms with Gasteiger partial charge in [-0.3, -0.25) is 4.79 Å². The van der Waals surface area contributed by atoms with Crippen molar-refractivity contribution in [2.45, 2.75) is 31.6 Å². The number of hydrogen-bond acceptors (Lipinski definition) is 2. The molecule has 0 spiro atoms. The van der Waals surface area contributed by atoms with Gasteiger partial charge in [0.25, 0.3) is 0 Å². The molecule has 2 fully saturated rings. The molecule has 1 aliphatic heterocycles. The number of nitrogens with one attached hydrogen (secondary N) is 1. The lowest BCUT2D eigenvalue weighted by molar-refractivity contribution is -0.123. The van der Waals surface area contributed by atoms with Gasteiger partial charge in [-0.15, -0.1) is 0 Å². The van der Waals surface area contributed by atoms with Crippen molar-refractivity contribution in [2.24, 2.45) is 11.8 Å². The van der Waals surface area contributed by atoms with Crippen LogP contribution in [0.1, 0.15) is 41.4 Å². The molecule has 3 nitrogen and oxygen atoms in total. The van der Waals surface area contributed by atoms with E-state index in [-0.39, 0.29) is 11.8 Å². The Hall–Kier alpha value is -2.00. The topological polar surface area (TPSA) is 38.3 Å². The Morgan fingerprint density at radius 1 is 1.08 bits per heavy atom. The van der Waals surface area contributed by atoms with Gasteiger partial charge in [0.1, 0.15) is 5.75 Å². The highest BCUT2D eigenvalue weighted by Crippen LogP contribution is 2.52. The van der Waals surface area contributed by atoms with Gasteiger partial charge in [-0.2, -0.15) is 0 Å². The van der Waals surface area contributed by atoms with Crippen LogP contribution >= 0.6 is 11.6 Å². The van der Waals surface area contributed by atoms with Crippen LogP contribution in [0.5, 0.6) is 5.75 Å². The van der Waals surface area contributed by atoms with E-state index in [9.17, 15) is 4.79 Å². The molecule has 1 saturated carbocycles. The Bertz CT molecular complexity index is 817. The average Bonchev–Trinajstić information content (AvgIpc) is 3.03. The van der Waals surface area contributed by atoms with Gasteiger partial charge >= 0.3 is 0 Å². The molecule has 0 bridgehead atoms. The molecule has 1 saturated heterocycles. The molecule has 1 N–H and O–H groups in total. The number of carbonyl (C=O) groups excluding carboxylic acids is 1. The fraction of sp³-hybridized carbons (Fsp3) is 0.409. The monoisotopic (exact) mass is 369 g/mol. The SMILES string of the molecule is COc1ccc([C@@H]2CC[C@H]3C(=O)NC[C@H]3[C@H]2c2ccc(C)cc2)c(Cl)c1. The number of aryl methyl sites for hydroxylation is 1. The Morgan fingerprint density at radius 2 is 1.81 bits per heavy atom. The maximum absolute atomic E-state index is 12.3. The maximum Gasteiger partial charge on any atom is 0.223 e. The average molecular weight is 370 g/mol. The lowest BCUT2D eigenvalue weighted by atomic mass is 9.63. The van der Waals surface area contributed by atoms with Crippen molar-refractivity contribution in [1.82, 2.24) is 5.32 Å². The molecule has 2 aliphatic rings. The number of carbonyl (C=O) groups is 1. The minimum absolute atomic E-state index is 0.120. The highest BCUT2D eigenvalue weighted by molar-refractivity contribution is 6.31. The second-order valence-corrected chi connectivity index (χ2v) is 7.93. The number of hydrogen-bond donors (Lipinski definition) is 1. The normalized spacial score (nSPS) is 27.7. The molecule has 4 heteroatoms. The summed E-state index contributed by atoms with van der Waals surface area (Å²) in [4.78, 5) is 12.3. The van der Waals surface area contributed by atoms with Crippen LogP contribution < -0.4 is 10.1 Å². The van der Waals surface area contributed by atoms with E-state index in [0.717, 1.165) is 35.7 Å². The Morgan fingerprint density at radius 3 is 2.50 bits per heavy atom. The number of amides is 1. The third kappa shape index (κ3) is 2.99. The summed E-state index contributed by atoms with van der Waals surface area (Å²) in [5.41, 5.74) is 3.72. The second kappa shape index (κ2) is 6.96. The highest BCUT2D eigenvalue weighted by atomic mass is 35.5. The third-order valence-electron chi connectivity index (χ3n) is 6.12. The van der Waals surface area contributed by atoms with Crippen LogP contribution in [0.25, 0.3) is 0 Å². The first-order chi connectivity index (χ1) is 12.6. The molecular weight excluding hydrogens is 346 g/mol. The van der Waals surface area contributed by atoms with Crippen molar-refractivity contribution >= 4 is 17.5 Å². The zero-order valence-corrected chi connectivity index (χ0v) is 15.9. The summed E-state index contributed by atoms with van der Waals surface area (Å²) in [7, 11) is 1.65. The van der Waals surface area contributed by atoms with Crippen molar-refractivity contribution in [3.05, 3.63) is 64.2 Å². The molecule has 26 heavy (non-hydrogen) atoms. The minimum Gasteiger partial charge on any atom is -0.497 e. The van der Waals surface area contributed by atoms with E-state index in [1.54, 1.807) is 7.11 Å². The lowest BCUT2D eigenvalue weighted by Crippen LogP contribution is -2.32. The van der Waals surface area contributed by atoms with Crippen LogP contribution in [0.3, 0.4) is 0 Å². The van der Waals surface area contributed by atoms with Gasteiger partial charge in [0.05, 0.1) is 7.11 Å².